The van der Waals surface area contributed by atoms with Crippen molar-refractivity contribution in [3.63, 3.8) is 0 Å². The second-order valence-electron chi connectivity index (χ2n) is 8.35. The minimum atomic E-state index is -0.403. The summed E-state index contributed by atoms with van der Waals surface area (Å²) in [6.45, 7) is 5.76. The summed E-state index contributed by atoms with van der Waals surface area (Å²) in [4.78, 5) is 24.2. The Balaban J connectivity index is 1.46. The van der Waals surface area contributed by atoms with Crippen molar-refractivity contribution in [2.45, 2.75) is 64.5 Å². The van der Waals surface area contributed by atoms with Gasteiger partial charge in [0.2, 0.25) is 0 Å². The molecule has 138 valence electrons. The molecule has 0 unspecified atom stereocenters. The molecule has 3 aromatic rings. The van der Waals surface area contributed by atoms with Gasteiger partial charge in [0.15, 0.2) is 0 Å². The number of aromatic amines is 1. The number of imidazole rings is 1. The maximum absolute atomic E-state index is 12.1. The molecule has 0 bridgehead atoms. The first-order valence-corrected chi connectivity index (χ1v) is 9.41. The lowest BCUT2D eigenvalue weighted by molar-refractivity contribution is -0.156. The number of rotatable bonds is 3. The lowest BCUT2D eigenvalue weighted by atomic mass is 9.84. The molecule has 1 saturated carbocycles. The summed E-state index contributed by atoms with van der Waals surface area (Å²) in [5.74, 6) is 0.346. The maximum atomic E-state index is 12.1. The van der Waals surface area contributed by atoms with Crippen molar-refractivity contribution < 1.29 is 9.53 Å². The molecule has 0 spiro atoms. The van der Waals surface area contributed by atoms with E-state index in [1.165, 1.54) is 0 Å². The van der Waals surface area contributed by atoms with E-state index in [4.69, 9.17) is 4.74 Å². The number of nitrogens with zero attached hydrogens (tertiary/aromatic N) is 3. The molecule has 0 aliphatic heterocycles. The van der Waals surface area contributed by atoms with E-state index in [0.717, 1.165) is 47.8 Å². The zero-order chi connectivity index (χ0) is 18.3. The minimum absolute atomic E-state index is 0.0749. The Morgan fingerprint density at radius 2 is 2.04 bits per heavy atom. The van der Waals surface area contributed by atoms with Crippen LogP contribution in [0.25, 0.3) is 22.1 Å². The number of nitrogens with one attached hydrogen (secondary N) is 1. The van der Waals surface area contributed by atoms with Crippen molar-refractivity contribution in [2.24, 2.45) is 5.92 Å². The van der Waals surface area contributed by atoms with Crippen LogP contribution in [0.15, 0.2) is 24.8 Å². The average molecular weight is 354 g/mol. The summed E-state index contributed by atoms with van der Waals surface area (Å²) in [6.07, 6.45) is 10.4. The quantitative estimate of drug-likeness (QED) is 0.709. The van der Waals surface area contributed by atoms with E-state index < -0.39 is 5.60 Å². The van der Waals surface area contributed by atoms with Gasteiger partial charge in [-0.25, -0.2) is 9.97 Å². The van der Waals surface area contributed by atoms with Gasteiger partial charge in [-0.1, -0.05) is 0 Å². The first-order chi connectivity index (χ1) is 12.4. The highest BCUT2D eigenvalue weighted by molar-refractivity contribution is 6.00. The molecule has 6 heteroatoms. The highest BCUT2D eigenvalue weighted by Gasteiger charge is 2.27. The van der Waals surface area contributed by atoms with Crippen LogP contribution in [-0.2, 0) is 9.53 Å². The topological polar surface area (TPSA) is 72.8 Å². The number of aromatic nitrogens is 4. The Morgan fingerprint density at radius 3 is 2.77 bits per heavy atom. The molecule has 1 fully saturated rings. The van der Waals surface area contributed by atoms with Gasteiger partial charge in [0.05, 0.1) is 18.0 Å². The van der Waals surface area contributed by atoms with E-state index in [-0.39, 0.29) is 5.97 Å². The summed E-state index contributed by atoms with van der Waals surface area (Å²) >= 11 is 0. The molecule has 6 nitrogen and oxygen atoms in total. The van der Waals surface area contributed by atoms with Crippen LogP contribution in [-0.4, -0.2) is 31.1 Å². The van der Waals surface area contributed by atoms with E-state index in [0.29, 0.717) is 18.4 Å². The van der Waals surface area contributed by atoms with E-state index in [1.807, 2.05) is 39.5 Å². The SMILES string of the molecule is CC(C)(C)OC(=O)CC1CCC(n2cnc3cnc4[nH]ccc4c32)CC1. The van der Waals surface area contributed by atoms with Crippen LogP contribution >= 0.6 is 0 Å². The number of esters is 1. The number of carbonyl (C=O) groups is 1. The Bertz CT molecular complexity index is 926. The highest BCUT2D eigenvalue weighted by atomic mass is 16.6. The van der Waals surface area contributed by atoms with Gasteiger partial charge >= 0.3 is 5.97 Å². The molecule has 3 heterocycles. The zero-order valence-corrected chi connectivity index (χ0v) is 15.7. The van der Waals surface area contributed by atoms with Crippen molar-refractivity contribution in [3.05, 3.63) is 24.8 Å². The summed E-state index contributed by atoms with van der Waals surface area (Å²) < 4.78 is 7.77. The second-order valence-corrected chi connectivity index (χ2v) is 8.35. The van der Waals surface area contributed by atoms with Crippen molar-refractivity contribution in [3.8, 4) is 0 Å². The molecule has 0 aromatic carbocycles. The third-order valence-electron chi connectivity index (χ3n) is 5.20. The predicted octanol–water partition coefficient (Wildman–Crippen LogP) is 4.38. The number of H-pyrrole nitrogens is 1. The van der Waals surface area contributed by atoms with Gasteiger partial charge in [0.25, 0.3) is 0 Å². The molecule has 1 aliphatic carbocycles. The van der Waals surface area contributed by atoms with E-state index >= 15 is 0 Å². The van der Waals surface area contributed by atoms with Gasteiger partial charge in [-0.15, -0.1) is 0 Å². The largest absolute Gasteiger partial charge is 0.460 e. The van der Waals surface area contributed by atoms with Crippen molar-refractivity contribution in [1.29, 1.82) is 0 Å². The van der Waals surface area contributed by atoms with Gasteiger partial charge in [-0.3, -0.25) is 4.79 Å². The van der Waals surface area contributed by atoms with E-state index in [1.54, 1.807) is 0 Å². The van der Waals surface area contributed by atoms with Crippen molar-refractivity contribution in [2.75, 3.05) is 0 Å². The van der Waals surface area contributed by atoms with Crippen molar-refractivity contribution in [1.82, 2.24) is 19.5 Å². The Morgan fingerprint density at radius 1 is 1.27 bits per heavy atom. The molecule has 26 heavy (non-hydrogen) atoms. The van der Waals surface area contributed by atoms with E-state index in [2.05, 4.69) is 25.6 Å². The lowest BCUT2D eigenvalue weighted by Gasteiger charge is -2.30. The van der Waals surface area contributed by atoms with Gasteiger partial charge in [0.1, 0.15) is 16.8 Å². The molecule has 0 atom stereocenters. The van der Waals surface area contributed by atoms with Crippen LogP contribution in [0.5, 0.6) is 0 Å². The summed E-state index contributed by atoms with van der Waals surface area (Å²) in [6, 6.07) is 2.49. The molecule has 0 saturated heterocycles. The summed E-state index contributed by atoms with van der Waals surface area (Å²) in [5, 5.41) is 1.12. The third kappa shape index (κ3) is 3.32. The molecule has 0 radical (unpaired) electrons. The number of ether oxygens (including phenoxy) is 1. The van der Waals surface area contributed by atoms with Gasteiger partial charge in [-0.05, 0) is 58.4 Å². The maximum Gasteiger partial charge on any atom is 0.306 e. The number of pyridine rings is 1. The molecule has 3 aromatic heterocycles. The first-order valence-electron chi connectivity index (χ1n) is 9.41. The molecule has 1 N–H and O–H groups in total. The number of hydrogen-bond donors (Lipinski definition) is 1. The van der Waals surface area contributed by atoms with E-state index in [9.17, 15) is 4.79 Å². The molecule has 1 aliphatic rings. The smallest absolute Gasteiger partial charge is 0.306 e. The number of fused-ring (bicyclic) bond motifs is 3. The van der Waals surface area contributed by atoms with Gasteiger partial charge in [0, 0.05) is 24.0 Å². The van der Waals surface area contributed by atoms with Crippen LogP contribution in [0.4, 0.5) is 0 Å². The van der Waals surface area contributed by atoms with Crippen LogP contribution in [0, 0.1) is 5.92 Å². The molecule has 0 amide bonds. The van der Waals surface area contributed by atoms with Crippen LogP contribution < -0.4 is 0 Å². The predicted molar refractivity (Wildman–Crippen MR) is 101 cm³/mol. The Hall–Kier alpha value is -2.37. The number of hydrogen-bond acceptors (Lipinski definition) is 4. The molecular weight excluding hydrogens is 328 g/mol. The second kappa shape index (κ2) is 6.41. The fraction of sp³-hybridized carbons (Fsp3) is 0.550. The third-order valence-corrected chi connectivity index (χ3v) is 5.20. The van der Waals surface area contributed by atoms with Crippen molar-refractivity contribution >= 4 is 28.0 Å². The molecule has 4 rings (SSSR count). The highest BCUT2D eigenvalue weighted by Crippen LogP contribution is 2.37. The standard InChI is InChI=1S/C20H26N4O2/c1-20(2,3)26-17(25)10-13-4-6-14(7-5-13)24-12-23-16-11-22-19-15(18(16)24)8-9-21-19/h8-9,11-14H,4-7,10H2,1-3H3,(H,21,22). The van der Waals surface area contributed by atoms with Crippen LogP contribution in [0.3, 0.4) is 0 Å². The van der Waals surface area contributed by atoms with Gasteiger partial charge < -0.3 is 14.3 Å². The summed E-state index contributed by atoms with van der Waals surface area (Å²) in [5.41, 5.74) is 2.60. The van der Waals surface area contributed by atoms with Gasteiger partial charge in [-0.2, -0.15) is 0 Å². The summed E-state index contributed by atoms with van der Waals surface area (Å²) in [7, 11) is 0. The average Bonchev–Trinajstić information content (AvgIpc) is 3.19. The Labute approximate surface area is 153 Å². The number of carbonyl (C=O) groups excluding carboxylic acids is 1. The molecular formula is C20H26N4O2. The fourth-order valence-electron chi connectivity index (χ4n) is 4.05. The normalized spacial score (nSPS) is 21.3. The van der Waals surface area contributed by atoms with Crippen LogP contribution in [0.1, 0.15) is 58.9 Å². The van der Waals surface area contributed by atoms with Crippen LogP contribution in [0.2, 0.25) is 0 Å². The Kier molecular flexibility index (Phi) is 4.21. The monoisotopic (exact) mass is 354 g/mol. The first kappa shape index (κ1) is 17.1. The lowest BCUT2D eigenvalue weighted by Crippen LogP contribution is -2.26. The minimum Gasteiger partial charge on any atom is -0.460 e. The fourth-order valence-corrected chi connectivity index (χ4v) is 4.05. The zero-order valence-electron chi connectivity index (χ0n) is 15.7.